The number of benzene rings is 2. The summed E-state index contributed by atoms with van der Waals surface area (Å²) >= 11 is 12.2. The van der Waals surface area contributed by atoms with Gasteiger partial charge in [0.1, 0.15) is 23.8 Å². The predicted molar refractivity (Wildman–Crippen MR) is 157 cm³/mol. The van der Waals surface area contributed by atoms with Crippen molar-refractivity contribution in [3.8, 4) is 11.1 Å². The average Bonchev–Trinajstić information content (AvgIpc) is 3.59. The summed E-state index contributed by atoms with van der Waals surface area (Å²) in [5, 5.41) is 11.9. The van der Waals surface area contributed by atoms with E-state index >= 15 is 0 Å². The molecule has 0 atom stereocenters. The zero-order chi connectivity index (χ0) is 30.0. The van der Waals surface area contributed by atoms with E-state index in [0.29, 0.717) is 70.8 Å². The van der Waals surface area contributed by atoms with Crippen LogP contribution in [0, 0.1) is 18.7 Å². The van der Waals surface area contributed by atoms with Gasteiger partial charge in [-0.15, -0.1) is 5.10 Å². The van der Waals surface area contributed by atoms with Crippen LogP contribution in [0.15, 0.2) is 47.0 Å². The number of amides is 2. The number of nitrogens with one attached hydrogen (secondary N) is 1. The topological polar surface area (TPSA) is 106 Å². The molecule has 2 amide bonds. The van der Waals surface area contributed by atoms with Crippen LogP contribution in [0.1, 0.15) is 66.0 Å². The second kappa shape index (κ2) is 12.6. The number of hydrogen-bond donors (Lipinski definition) is 1. The number of rotatable bonds is 8. The Labute approximate surface area is 253 Å². The minimum Gasteiger partial charge on any atom is -0.443 e. The Hall–Kier alpha value is -3.76. The lowest BCUT2D eigenvalue weighted by Gasteiger charge is -2.32. The SMILES string of the molecule is Cc1nc(C(C)C)oc1Cn1cc(CNC(=O)C2CCN(C(=O)c3ccc(F)cc3-c3ccc(Cl)c(Cl)c3)CC2)nn1. The second-order valence-electron chi connectivity index (χ2n) is 10.7. The Morgan fingerprint density at radius 1 is 1.12 bits per heavy atom. The normalized spacial score (nSPS) is 14.0. The van der Waals surface area contributed by atoms with E-state index < -0.39 is 5.82 Å². The van der Waals surface area contributed by atoms with Gasteiger partial charge in [-0.1, -0.05) is 48.3 Å². The molecule has 220 valence electrons. The number of nitrogens with zero attached hydrogens (tertiary/aromatic N) is 5. The first kappa shape index (κ1) is 29.7. The molecule has 1 saturated heterocycles. The van der Waals surface area contributed by atoms with Crippen LogP contribution in [-0.4, -0.2) is 49.8 Å². The molecule has 0 aliphatic carbocycles. The average molecular weight is 614 g/mol. The molecule has 3 heterocycles. The molecule has 0 unspecified atom stereocenters. The van der Waals surface area contributed by atoms with Crippen molar-refractivity contribution in [3.63, 3.8) is 0 Å². The maximum absolute atomic E-state index is 14.2. The highest BCUT2D eigenvalue weighted by Gasteiger charge is 2.29. The van der Waals surface area contributed by atoms with E-state index in [0.717, 1.165) is 11.5 Å². The fraction of sp³-hybridized carbons (Fsp3) is 0.367. The number of piperidine rings is 1. The van der Waals surface area contributed by atoms with Gasteiger partial charge >= 0.3 is 0 Å². The summed E-state index contributed by atoms with van der Waals surface area (Å²) in [4.78, 5) is 32.5. The molecular formula is C30H31Cl2FN6O3. The molecule has 0 spiro atoms. The number of aryl methyl sites for hydroxylation is 1. The predicted octanol–water partition coefficient (Wildman–Crippen LogP) is 6.03. The summed E-state index contributed by atoms with van der Waals surface area (Å²) in [7, 11) is 0. The van der Waals surface area contributed by atoms with Gasteiger partial charge in [0.25, 0.3) is 5.91 Å². The van der Waals surface area contributed by atoms with Gasteiger partial charge < -0.3 is 14.6 Å². The molecule has 0 radical (unpaired) electrons. The van der Waals surface area contributed by atoms with E-state index in [1.165, 1.54) is 18.2 Å². The van der Waals surface area contributed by atoms with E-state index in [9.17, 15) is 14.0 Å². The molecule has 2 aromatic carbocycles. The molecule has 0 bridgehead atoms. The number of halogens is 3. The van der Waals surface area contributed by atoms with Crippen molar-refractivity contribution >= 4 is 35.0 Å². The third kappa shape index (κ3) is 6.65. The monoisotopic (exact) mass is 612 g/mol. The number of hydrogen-bond acceptors (Lipinski definition) is 6. The summed E-state index contributed by atoms with van der Waals surface area (Å²) in [5.74, 6) is 0.585. The van der Waals surface area contributed by atoms with Gasteiger partial charge in [-0.05, 0) is 61.2 Å². The molecule has 4 aromatic rings. The van der Waals surface area contributed by atoms with Crippen molar-refractivity contribution in [2.75, 3.05) is 13.1 Å². The summed E-state index contributed by atoms with van der Waals surface area (Å²) in [6.07, 6.45) is 2.79. The van der Waals surface area contributed by atoms with Gasteiger partial charge in [0.15, 0.2) is 5.89 Å². The highest BCUT2D eigenvalue weighted by Crippen LogP contribution is 2.32. The van der Waals surface area contributed by atoms with E-state index in [1.54, 1.807) is 34.0 Å². The first-order chi connectivity index (χ1) is 20.1. The van der Waals surface area contributed by atoms with Gasteiger partial charge in [-0.2, -0.15) is 0 Å². The lowest BCUT2D eigenvalue weighted by Crippen LogP contribution is -2.43. The Balaban J connectivity index is 1.15. The molecule has 1 aliphatic heterocycles. The smallest absolute Gasteiger partial charge is 0.254 e. The number of carbonyl (C=O) groups is 2. The molecule has 0 saturated carbocycles. The van der Waals surface area contributed by atoms with E-state index in [2.05, 4.69) is 20.6 Å². The van der Waals surface area contributed by atoms with Crippen LogP contribution in [0.5, 0.6) is 0 Å². The van der Waals surface area contributed by atoms with Crippen LogP contribution < -0.4 is 5.32 Å². The first-order valence-electron chi connectivity index (χ1n) is 13.8. The standard InChI is InChI=1S/C30H31Cl2FN6O3/c1-17(2)29-35-18(3)27(42-29)16-39-15-22(36-37-39)14-34-28(40)19-8-10-38(11-9-19)30(41)23-6-5-21(33)13-24(23)20-4-7-25(31)26(32)12-20/h4-7,12-13,15,17,19H,8-11,14,16H2,1-3H3,(H,34,40). The molecule has 1 aliphatic rings. The van der Waals surface area contributed by atoms with Crippen LogP contribution in [-0.2, 0) is 17.9 Å². The van der Waals surface area contributed by atoms with Gasteiger partial charge in [0.05, 0.1) is 28.5 Å². The van der Waals surface area contributed by atoms with E-state index in [4.69, 9.17) is 27.6 Å². The van der Waals surface area contributed by atoms with Gasteiger partial charge in [-0.3, -0.25) is 9.59 Å². The highest BCUT2D eigenvalue weighted by molar-refractivity contribution is 6.42. The quantitative estimate of drug-likeness (QED) is 0.260. The molecule has 42 heavy (non-hydrogen) atoms. The van der Waals surface area contributed by atoms with Crippen LogP contribution >= 0.6 is 23.2 Å². The Morgan fingerprint density at radius 3 is 2.57 bits per heavy atom. The van der Waals surface area contributed by atoms with E-state index in [-0.39, 0.29) is 30.2 Å². The molecule has 5 rings (SSSR count). The lowest BCUT2D eigenvalue weighted by atomic mass is 9.94. The Morgan fingerprint density at radius 2 is 1.88 bits per heavy atom. The summed E-state index contributed by atoms with van der Waals surface area (Å²) < 4.78 is 21.6. The minimum absolute atomic E-state index is 0.0948. The van der Waals surface area contributed by atoms with E-state index in [1.807, 2.05) is 20.8 Å². The fourth-order valence-electron chi connectivity index (χ4n) is 4.93. The third-order valence-electron chi connectivity index (χ3n) is 7.33. The summed E-state index contributed by atoms with van der Waals surface area (Å²) in [6, 6.07) is 8.99. The van der Waals surface area contributed by atoms with Crippen LogP contribution in [0.4, 0.5) is 4.39 Å². The minimum atomic E-state index is -0.462. The van der Waals surface area contributed by atoms with Crippen LogP contribution in [0.3, 0.4) is 0 Å². The number of likely N-dealkylation sites (tertiary alicyclic amines) is 1. The summed E-state index contributed by atoms with van der Waals surface area (Å²) in [5.41, 5.74) is 2.84. The summed E-state index contributed by atoms with van der Waals surface area (Å²) in [6.45, 7) is 7.39. The number of oxazole rings is 1. The van der Waals surface area contributed by atoms with Crippen molar-refractivity contribution in [1.82, 2.24) is 30.2 Å². The molecule has 12 heteroatoms. The molecule has 1 fully saturated rings. The van der Waals surface area contributed by atoms with Gasteiger partial charge in [0, 0.05) is 30.5 Å². The maximum Gasteiger partial charge on any atom is 0.254 e. The molecule has 9 nitrogen and oxygen atoms in total. The molecule has 2 aromatic heterocycles. The fourth-order valence-corrected chi connectivity index (χ4v) is 5.23. The van der Waals surface area contributed by atoms with Crippen molar-refractivity contribution in [2.45, 2.75) is 52.6 Å². The molecular weight excluding hydrogens is 582 g/mol. The van der Waals surface area contributed by atoms with Crippen molar-refractivity contribution in [1.29, 1.82) is 0 Å². The van der Waals surface area contributed by atoms with Crippen LogP contribution in [0.25, 0.3) is 11.1 Å². The highest BCUT2D eigenvalue weighted by atomic mass is 35.5. The first-order valence-corrected chi connectivity index (χ1v) is 14.5. The zero-order valence-corrected chi connectivity index (χ0v) is 25.0. The van der Waals surface area contributed by atoms with Crippen LogP contribution in [0.2, 0.25) is 10.0 Å². The zero-order valence-electron chi connectivity index (χ0n) is 23.5. The lowest BCUT2D eigenvalue weighted by molar-refractivity contribution is -0.126. The second-order valence-corrected chi connectivity index (χ2v) is 11.5. The largest absolute Gasteiger partial charge is 0.443 e. The number of aromatic nitrogens is 4. The third-order valence-corrected chi connectivity index (χ3v) is 8.07. The Bertz CT molecular complexity index is 1610. The molecule has 1 N–H and O–H groups in total. The number of carbonyl (C=O) groups excluding carboxylic acids is 2. The van der Waals surface area contributed by atoms with Gasteiger partial charge in [-0.25, -0.2) is 14.1 Å². The Kier molecular flexibility index (Phi) is 8.93. The van der Waals surface area contributed by atoms with Crippen molar-refractivity contribution in [3.05, 3.63) is 87.1 Å². The van der Waals surface area contributed by atoms with Gasteiger partial charge in [0.2, 0.25) is 5.91 Å². The van der Waals surface area contributed by atoms with Crippen molar-refractivity contribution in [2.24, 2.45) is 5.92 Å². The van der Waals surface area contributed by atoms with Crippen molar-refractivity contribution < 1.29 is 18.4 Å². The maximum atomic E-state index is 14.2.